The average Bonchev–Trinajstić information content (AvgIpc) is 3.21. The van der Waals surface area contributed by atoms with Crippen molar-refractivity contribution >= 4 is 0 Å². The first-order valence-corrected chi connectivity index (χ1v) is 7.85. The number of benzene rings is 1. The van der Waals surface area contributed by atoms with Crippen LogP contribution in [0.1, 0.15) is 39.5 Å². The molecule has 3 nitrogen and oxygen atoms in total. The standard InChI is InChI=1S/C17H27NO2/c1-3-9-17(10-11-17)14-18-12-13-20-16-8-6-5-7-15(16)19-4-2/h5-8,18H,3-4,9-14H2,1-2H3. The maximum Gasteiger partial charge on any atom is 0.161 e. The minimum absolute atomic E-state index is 0.609. The molecular formula is C17H27NO2. The monoisotopic (exact) mass is 277 g/mol. The quantitative estimate of drug-likeness (QED) is 0.662. The van der Waals surface area contributed by atoms with Crippen LogP contribution in [0.15, 0.2) is 24.3 Å². The van der Waals surface area contributed by atoms with Crippen LogP contribution < -0.4 is 14.8 Å². The van der Waals surface area contributed by atoms with Gasteiger partial charge in [0.1, 0.15) is 6.61 Å². The molecule has 0 saturated heterocycles. The van der Waals surface area contributed by atoms with Crippen molar-refractivity contribution < 1.29 is 9.47 Å². The highest BCUT2D eigenvalue weighted by Crippen LogP contribution is 2.48. The summed E-state index contributed by atoms with van der Waals surface area (Å²) in [5, 5.41) is 3.53. The number of hydrogen-bond donors (Lipinski definition) is 1. The molecule has 1 aliphatic rings. The lowest BCUT2D eigenvalue weighted by Gasteiger charge is -2.15. The molecule has 0 unspecified atom stereocenters. The van der Waals surface area contributed by atoms with Gasteiger partial charge in [-0.05, 0) is 43.7 Å². The molecule has 112 valence electrons. The van der Waals surface area contributed by atoms with Gasteiger partial charge in [-0.2, -0.15) is 0 Å². The Hall–Kier alpha value is -1.22. The lowest BCUT2D eigenvalue weighted by molar-refractivity contribution is 0.272. The summed E-state index contributed by atoms with van der Waals surface area (Å²) in [5.74, 6) is 1.67. The van der Waals surface area contributed by atoms with Crippen molar-refractivity contribution in [3.63, 3.8) is 0 Å². The van der Waals surface area contributed by atoms with Gasteiger partial charge in [0.15, 0.2) is 11.5 Å². The van der Waals surface area contributed by atoms with Crippen LogP contribution in [0.2, 0.25) is 0 Å². The van der Waals surface area contributed by atoms with Crippen molar-refractivity contribution in [3.8, 4) is 11.5 Å². The van der Waals surface area contributed by atoms with E-state index in [0.29, 0.717) is 18.6 Å². The molecule has 0 amide bonds. The van der Waals surface area contributed by atoms with Crippen molar-refractivity contribution in [1.29, 1.82) is 0 Å². The predicted molar refractivity (Wildman–Crippen MR) is 82.6 cm³/mol. The van der Waals surface area contributed by atoms with E-state index in [1.807, 2.05) is 31.2 Å². The van der Waals surface area contributed by atoms with Crippen molar-refractivity contribution in [2.75, 3.05) is 26.3 Å². The SMILES string of the molecule is CCCC1(CNCCOc2ccccc2OCC)CC1. The molecule has 1 N–H and O–H groups in total. The first kappa shape index (κ1) is 15.2. The molecule has 1 saturated carbocycles. The highest BCUT2D eigenvalue weighted by Gasteiger charge is 2.40. The van der Waals surface area contributed by atoms with Gasteiger partial charge in [0, 0.05) is 13.1 Å². The van der Waals surface area contributed by atoms with Gasteiger partial charge < -0.3 is 14.8 Å². The molecule has 0 aliphatic heterocycles. The molecular weight excluding hydrogens is 250 g/mol. The summed E-state index contributed by atoms with van der Waals surface area (Å²) < 4.78 is 11.3. The Kier molecular flexibility index (Phi) is 5.72. The first-order valence-electron chi connectivity index (χ1n) is 7.85. The molecule has 1 aromatic rings. The van der Waals surface area contributed by atoms with Crippen molar-refractivity contribution in [2.45, 2.75) is 39.5 Å². The number of ether oxygens (including phenoxy) is 2. The van der Waals surface area contributed by atoms with Gasteiger partial charge in [-0.15, -0.1) is 0 Å². The topological polar surface area (TPSA) is 30.5 Å². The smallest absolute Gasteiger partial charge is 0.161 e. The Morgan fingerprint density at radius 1 is 1.10 bits per heavy atom. The van der Waals surface area contributed by atoms with E-state index >= 15 is 0 Å². The van der Waals surface area contributed by atoms with E-state index < -0.39 is 0 Å². The molecule has 3 heteroatoms. The lowest BCUT2D eigenvalue weighted by atomic mass is 10.0. The summed E-state index contributed by atoms with van der Waals surface area (Å²) in [6.07, 6.45) is 5.43. The number of nitrogens with one attached hydrogen (secondary N) is 1. The normalized spacial score (nSPS) is 15.9. The van der Waals surface area contributed by atoms with E-state index in [9.17, 15) is 0 Å². The Morgan fingerprint density at radius 2 is 1.80 bits per heavy atom. The third-order valence-corrected chi connectivity index (χ3v) is 3.92. The van der Waals surface area contributed by atoms with Gasteiger partial charge in [-0.1, -0.05) is 25.5 Å². The van der Waals surface area contributed by atoms with Gasteiger partial charge in [0.2, 0.25) is 0 Å². The molecule has 0 spiro atoms. The highest BCUT2D eigenvalue weighted by molar-refractivity contribution is 5.39. The average molecular weight is 277 g/mol. The molecule has 2 rings (SSSR count). The molecule has 1 fully saturated rings. The van der Waals surface area contributed by atoms with Gasteiger partial charge in [0.05, 0.1) is 6.61 Å². The maximum absolute atomic E-state index is 5.80. The molecule has 1 aliphatic carbocycles. The second-order valence-electron chi connectivity index (χ2n) is 5.65. The van der Waals surface area contributed by atoms with Crippen molar-refractivity contribution in [3.05, 3.63) is 24.3 Å². The van der Waals surface area contributed by atoms with Gasteiger partial charge >= 0.3 is 0 Å². The summed E-state index contributed by atoms with van der Waals surface area (Å²) in [6.45, 7) is 7.64. The molecule has 0 bridgehead atoms. The van der Waals surface area contributed by atoms with E-state index in [4.69, 9.17) is 9.47 Å². The van der Waals surface area contributed by atoms with Crippen LogP contribution in [0, 0.1) is 5.41 Å². The van der Waals surface area contributed by atoms with Gasteiger partial charge in [0.25, 0.3) is 0 Å². The molecule has 20 heavy (non-hydrogen) atoms. The second kappa shape index (κ2) is 7.53. The fourth-order valence-electron chi connectivity index (χ4n) is 2.65. The number of rotatable bonds is 10. The molecule has 0 aromatic heterocycles. The zero-order valence-electron chi connectivity index (χ0n) is 12.8. The summed E-state index contributed by atoms with van der Waals surface area (Å²) >= 11 is 0. The van der Waals surface area contributed by atoms with Crippen LogP contribution in [0.5, 0.6) is 11.5 Å². The largest absolute Gasteiger partial charge is 0.490 e. The summed E-state index contributed by atoms with van der Waals surface area (Å²) in [5.41, 5.74) is 0.609. The third-order valence-electron chi connectivity index (χ3n) is 3.92. The van der Waals surface area contributed by atoms with Crippen LogP contribution in [-0.4, -0.2) is 26.3 Å². The zero-order valence-corrected chi connectivity index (χ0v) is 12.8. The fraction of sp³-hybridized carbons (Fsp3) is 0.647. The van der Waals surface area contributed by atoms with Crippen LogP contribution in [0.4, 0.5) is 0 Å². The van der Waals surface area contributed by atoms with E-state index in [0.717, 1.165) is 24.6 Å². The van der Waals surface area contributed by atoms with Crippen molar-refractivity contribution in [1.82, 2.24) is 5.32 Å². The summed E-state index contributed by atoms with van der Waals surface area (Å²) in [6, 6.07) is 7.86. The first-order chi connectivity index (χ1) is 9.79. The van der Waals surface area contributed by atoms with E-state index in [1.54, 1.807) is 0 Å². The molecule has 1 aromatic carbocycles. The van der Waals surface area contributed by atoms with E-state index in [2.05, 4.69) is 12.2 Å². The second-order valence-corrected chi connectivity index (χ2v) is 5.65. The maximum atomic E-state index is 5.80. The van der Waals surface area contributed by atoms with E-state index in [1.165, 1.54) is 25.7 Å². The summed E-state index contributed by atoms with van der Waals surface area (Å²) in [4.78, 5) is 0. The Morgan fingerprint density at radius 3 is 2.40 bits per heavy atom. The zero-order chi connectivity index (χ0) is 14.3. The van der Waals surface area contributed by atoms with Gasteiger partial charge in [-0.3, -0.25) is 0 Å². The predicted octanol–water partition coefficient (Wildman–Crippen LogP) is 3.63. The molecule has 0 atom stereocenters. The van der Waals surface area contributed by atoms with Crippen LogP contribution >= 0.6 is 0 Å². The number of para-hydroxylation sites is 2. The Bertz CT molecular complexity index is 402. The highest BCUT2D eigenvalue weighted by atomic mass is 16.5. The molecule has 0 heterocycles. The van der Waals surface area contributed by atoms with Crippen LogP contribution in [0.25, 0.3) is 0 Å². The van der Waals surface area contributed by atoms with Crippen molar-refractivity contribution in [2.24, 2.45) is 5.41 Å². The van der Waals surface area contributed by atoms with Gasteiger partial charge in [-0.25, -0.2) is 0 Å². The lowest BCUT2D eigenvalue weighted by Crippen LogP contribution is -2.28. The minimum Gasteiger partial charge on any atom is -0.490 e. The van der Waals surface area contributed by atoms with Crippen LogP contribution in [-0.2, 0) is 0 Å². The minimum atomic E-state index is 0.609. The number of hydrogen-bond acceptors (Lipinski definition) is 3. The third kappa shape index (κ3) is 4.41. The Balaban J connectivity index is 1.66. The fourth-order valence-corrected chi connectivity index (χ4v) is 2.65. The van der Waals surface area contributed by atoms with Crippen LogP contribution in [0.3, 0.4) is 0 Å². The summed E-state index contributed by atoms with van der Waals surface area (Å²) in [7, 11) is 0. The Labute approximate surface area is 122 Å². The van der Waals surface area contributed by atoms with E-state index in [-0.39, 0.29) is 0 Å². The molecule has 0 radical (unpaired) electrons.